The Kier molecular flexibility index (Phi) is 5.61. The van der Waals surface area contributed by atoms with Crippen molar-refractivity contribution in [2.75, 3.05) is 12.8 Å². The summed E-state index contributed by atoms with van der Waals surface area (Å²) < 4.78 is 0. The van der Waals surface area contributed by atoms with Gasteiger partial charge in [-0.1, -0.05) is 42.5 Å². The number of hydrogen-bond donors (Lipinski definition) is 2. The quantitative estimate of drug-likeness (QED) is 0.587. The number of hydrogen-bond acceptors (Lipinski definition) is 3. The number of amides is 1. The summed E-state index contributed by atoms with van der Waals surface area (Å²) in [6, 6.07) is 17.7. The van der Waals surface area contributed by atoms with Gasteiger partial charge < -0.3 is 10.4 Å². The predicted molar refractivity (Wildman–Crippen MR) is 103 cm³/mol. The van der Waals surface area contributed by atoms with Crippen LogP contribution in [0.15, 0.2) is 65.6 Å². The minimum Gasteiger partial charge on any atom is -0.383 e. The minimum atomic E-state index is -0.981. The average Bonchev–Trinajstić information content (AvgIpc) is 3.51. The van der Waals surface area contributed by atoms with E-state index in [4.69, 9.17) is 0 Å². The van der Waals surface area contributed by atoms with E-state index in [9.17, 15) is 9.90 Å². The first-order valence-electron chi connectivity index (χ1n) is 8.50. The van der Waals surface area contributed by atoms with Gasteiger partial charge in [-0.3, -0.25) is 4.79 Å². The van der Waals surface area contributed by atoms with Gasteiger partial charge in [0.15, 0.2) is 0 Å². The third-order valence-corrected chi connectivity index (χ3v) is 5.35. The lowest BCUT2D eigenvalue weighted by Gasteiger charge is -2.29. The Bertz CT molecular complexity index is 738. The molecule has 0 radical (unpaired) electrons. The molecule has 1 amide bonds. The third kappa shape index (κ3) is 4.53. The molecule has 0 spiro atoms. The number of carbonyl (C=O) groups excluding carboxylic acids is 1. The summed E-state index contributed by atoms with van der Waals surface area (Å²) in [4.78, 5) is 13.3. The molecule has 2 aromatic rings. The van der Waals surface area contributed by atoms with Crippen molar-refractivity contribution in [2.24, 2.45) is 5.92 Å². The van der Waals surface area contributed by atoms with E-state index in [0.717, 1.165) is 24.0 Å². The largest absolute Gasteiger partial charge is 0.383 e. The summed E-state index contributed by atoms with van der Waals surface area (Å²) in [6.07, 6.45) is 7.34. The maximum Gasteiger partial charge on any atom is 0.244 e. The Hall–Kier alpha value is -2.04. The molecular weight excluding hydrogens is 330 g/mol. The first kappa shape index (κ1) is 17.8. The van der Waals surface area contributed by atoms with Gasteiger partial charge >= 0.3 is 0 Å². The van der Waals surface area contributed by atoms with Crippen molar-refractivity contribution in [3.05, 3.63) is 71.8 Å². The van der Waals surface area contributed by atoms with Crippen LogP contribution in [0.2, 0.25) is 0 Å². The predicted octanol–water partition coefficient (Wildman–Crippen LogP) is 3.84. The van der Waals surface area contributed by atoms with E-state index in [2.05, 4.69) is 5.32 Å². The van der Waals surface area contributed by atoms with E-state index in [1.165, 1.54) is 11.0 Å². The van der Waals surface area contributed by atoms with E-state index >= 15 is 0 Å². The van der Waals surface area contributed by atoms with Crippen molar-refractivity contribution >= 4 is 23.7 Å². The standard InChI is InChI=1S/C21H23NO2S/c1-25-19-12-7-16(8-13-19)9-14-20(23)22-15-21(24,18-10-11-18)17-5-3-2-4-6-17/h2-9,12-14,18,24H,10-11,15H2,1H3,(H,22,23). The second-order valence-electron chi connectivity index (χ2n) is 6.39. The van der Waals surface area contributed by atoms with Gasteiger partial charge in [-0.2, -0.15) is 0 Å². The molecule has 0 saturated heterocycles. The first-order chi connectivity index (χ1) is 12.1. The maximum atomic E-state index is 12.1. The van der Waals surface area contributed by atoms with Crippen molar-refractivity contribution in [3.8, 4) is 0 Å². The van der Waals surface area contributed by atoms with E-state index in [-0.39, 0.29) is 18.4 Å². The molecule has 4 heteroatoms. The molecule has 3 rings (SSSR count). The molecule has 1 atom stereocenters. The van der Waals surface area contributed by atoms with Crippen LogP contribution in [0.25, 0.3) is 6.08 Å². The van der Waals surface area contributed by atoms with Gasteiger partial charge in [0.05, 0.1) is 6.54 Å². The van der Waals surface area contributed by atoms with Crippen molar-refractivity contribution in [2.45, 2.75) is 23.3 Å². The zero-order valence-corrected chi connectivity index (χ0v) is 15.1. The Labute approximate surface area is 153 Å². The normalized spacial score (nSPS) is 16.6. The van der Waals surface area contributed by atoms with Crippen LogP contribution in [0.4, 0.5) is 0 Å². The summed E-state index contributed by atoms with van der Waals surface area (Å²) >= 11 is 1.69. The molecule has 25 heavy (non-hydrogen) atoms. The van der Waals surface area contributed by atoms with Crippen molar-refractivity contribution in [1.82, 2.24) is 5.32 Å². The molecular formula is C21H23NO2S. The summed E-state index contributed by atoms with van der Waals surface area (Å²) in [6.45, 7) is 0.232. The second-order valence-corrected chi connectivity index (χ2v) is 7.27. The van der Waals surface area contributed by atoms with Gasteiger partial charge in [0.2, 0.25) is 5.91 Å². The molecule has 1 fully saturated rings. The Balaban J connectivity index is 1.61. The number of carbonyl (C=O) groups is 1. The summed E-state index contributed by atoms with van der Waals surface area (Å²) in [7, 11) is 0. The molecule has 1 aliphatic carbocycles. The van der Waals surface area contributed by atoms with Crippen LogP contribution in [-0.2, 0) is 10.4 Å². The van der Waals surface area contributed by atoms with E-state index in [0.29, 0.717) is 0 Å². The van der Waals surface area contributed by atoms with E-state index in [1.54, 1.807) is 17.8 Å². The lowest BCUT2D eigenvalue weighted by atomic mass is 9.88. The summed E-state index contributed by atoms with van der Waals surface area (Å²) in [5, 5.41) is 13.9. The highest BCUT2D eigenvalue weighted by Gasteiger charge is 2.45. The lowest BCUT2D eigenvalue weighted by Crippen LogP contribution is -2.42. The highest BCUT2D eigenvalue weighted by molar-refractivity contribution is 7.98. The molecule has 2 aromatic carbocycles. The SMILES string of the molecule is CSc1ccc(C=CC(=O)NCC(O)(c2ccccc2)C2CC2)cc1. The highest BCUT2D eigenvalue weighted by atomic mass is 32.2. The van der Waals surface area contributed by atoms with Gasteiger partial charge in [0.25, 0.3) is 0 Å². The van der Waals surface area contributed by atoms with Crippen molar-refractivity contribution in [3.63, 3.8) is 0 Å². The van der Waals surface area contributed by atoms with Crippen LogP contribution in [-0.4, -0.2) is 23.8 Å². The fourth-order valence-electron chi connectivity index (χ4n) is 2.94. The fraction of sp³-hybridized carbons (Fsp3) is 0.286. The Morgan fingerprint density at radius 2 is 1.88 bits per heavy atom. The lowest BCUT2D eigenvalue weighted by molar-refractivity contribution is -0.118. The highest BCUT2D eigenvalue weighted by Crippen LogP contribution is 2.45. The molecule has 1 aliphatic rings. The van der Waals surface area contributed by atoms with Crippen LogP contribution in [0.5, 0.6) is 0 Å². The molecule has 0 aliphatic heterocycles. The first-order valence-corrected chi connectivity index (χ1v) is 9.72. The number of rotatable bonds is 7. The smallest absolute Gasteiger partial charge is 0.244 e. The Morgan fingerprint density at radius 1 is 1.20 bits per heavy atom. The average molecular weight is 353 g/mol. The summed E-state index contributed by atoms with van der Waals surface area (Å²) in [5.74, 6) is 0.0298. The van der Waals surface area contributed by atoms with E-state index in [1.807, 2.05) is 60.9 Å². The molecule has 0 aromatic heterocycles. The van der Waals surface area contributed by atoms with Crippen molar-refractivity contribution < 1.29 is 9.90 Å². The van der Waals surface area contributed by atoms with Gasteiger partial charge in [0.1, 0.15) is 5.60 Å². The van der Waals surface area contributed by atoms with Gasteiger partial charge in [-0.25, -0.2) is 0 Å². The number of benzene rings is 2. The van der Waals surface area contributed by atoms with Gasteiger partial charge in [-0.05, 0) is 54.4 Å². The van der Waals surface area contributed by atoms with Gasteiger partial charge in [-0.15, -0.1) is 11.8 Å². The van der Waals surface area contributed by atoms with Gasteiger partial charge in [0, 0.05) is 11.0 Å². The molecule has 1 saturated carbocycles. The van der Waals surface area contributed by atoms with Crippen LogP contribution >= 0.6 is 11.8 Å². The molecule has 2 N–H and O–H groups in total. The number of thioether (sulfide) groups is 1. The van der Waals surface area contributed by atoms with Crippen LogP contribution in [0, 0.1) is 5.92 Å². The fourth-order valence-corrected chi connectivity index (χ4v) is 3.35. The topological polar surface area (TPSA) is 49.3 Å². The summed E-state index contributed by atoms with van der Waals surface area (Å²) in [5.41, 5.74) is 0.869. The van der Waals surface area contributed by atoms with E-state index < -0.39 is 5.60 Å². The van der Waals surface area contributed by atoms with Crippen LogP contribution in [0.3, 0.4) is 0 Å². The molecule has 0 bridgehead atoms. The van der Waals surface area contributed by atoms with Crippen molar-refractivity contribution in [1.29, 1.82) is 0 Å². The van der Waals surface area contributed by atoms with Crippen LogP contribution in [0.1, 0.15) is 24.0 Å². The maximum absolute atomic E-state index is 12.1. The molecule has 0 heterocycles. The molecule has 3 nitrogen and oxygen atoms in total. The van der Waals surface area contributed by atoms with Crippen LogP contribution < -0.4 is 5.32 Å². The third-order valence-electron chi connectivity index (χ3n) is 4.60. The zero-order chi connectivity index (χ0) is 17.7. The number of aliphatic hydroxyl groups is 1. The molecule has 130 valence electrons. The molecule has 1 unspecified atom stereocenters. The zero-order valence-electron chi connectivity index (χ0n) is 14.3. The monoisotopic (exact) mass is 353 g/mol. The minimum absolute atomic E-state index is 0.191. The second kappa shape index (κ2) is 7.89. The number of nitrogens with one attached hydrogen (secondary N) is 1. The Morgan fingerprint density at radius 3 is 2.48 bits per heavy atom.